The summed E-state index contributed by atoms with van der Waals surface area (Å²) in [4.78, 5) is 12.6. The highest BCUT2D eigenvalue weighted by Gasteiger charge is 2.46. The summed E-state index contributed by atoms with van der Waals surface area (Å²) < 4.78 is 44.2. The van der Waals surface area contributed by atoms with Gasteiger partial charge in [-0.05, 0) is 24.1 Å². The molecule has 1 amide bonds. The van der Waals surface area contributed by atoms with Crippen LogP contribution in [0, 0.1) is 0 Å². The van der Waals surface area contributed by atoms with Crippen molar-refractivity contribution < 1.29 is 22.7 Å². The number of benzene rings is 2. The molecule has 0 fully saturated rings. The van der Waals surface area contributed by atoms with Crippen LogP contribution in [-0.4, -0.2) is 25.2 Å². The Morgan fingerprint density at radius 3 is 2.54 bits per heavy atom. The smallest absolute Gasteiger partial charge is 0.471 e. The predicted molar refractivity (Wildman–Crippen MR) is 84.3 cm³/mol. The van der Waals surface area contributed by atoms with Gasteiger partial charge in [-0.2, -0.15) is 13.2 Å². The average molecular weight is 335 g/mol. The van der Waals surface area contributed by atoms with Crippen molar-refractivity contribution in [2.75, 3.05) is 18.1 Å². The molecule has 1 heterocycles. The lowest BCUT2D eigenvalue weighted by Crippen LogP contribution is -2.40. The van der Waals surface area contributed by atoms with Crippen LogP contribution in [0.2, 0.25) is 0 Å². The molecule has 2 aromatic carbocycles. The minimum Gasteiger partial charge on any atom is -0.494 e. The molecule has 0 bridgehead atoms. The van der Waals surface area contributed by atoms with E-state index in [2.05, 4.69) is 0 Å². The first-order valence-corrected chi connectivity index (χ1v) is 7.62. The molecule has 0 N–H and O–H groups in total. The molecule has 0 saturated heterocycles. The third-order valence-corrected chi connectivity index (χ3v) is 4.03. The minimum atomic E-state index is -4.91. The Hall–Kier alpha value is -2.50. The van der Waals surface area contributed by atoms with E-state index in [1.807, 2.05) is 30.3 Å². The number of nitrogens with zero attached hydrogens (tertiary/aromatic N) is 1. The lowest BCUT2D eigenvalue weighted by Gasteiger charge is -2.19. The first-order chi connectivity index (χ1) is 11.4. The van der Waals surface area contributed by atoms with Gasteiger partial charge in [0.1, 0.15) is 5.75 Å². The molecule has 3 rings (SSSR count). The van der Waals surface area contributed by atoms with E-state index in [4.69, 9.17) is 4.74 Å². The third kappa shape index (κ3) is 2.96. The van der Waals surface area contributed by atoms with Crippen LogP contribution < -0.4 is 9.64 Å². The van der Waals surface area contributed by atoms with Crippen molar-refractivity contribution in [2.45, 2.75) is 19.0 Å². The van der Waals surface area contributed by atoms with Crippen LogP contribution in [0.1, 0.15) is 24.0 Å². The van der Waals surface area contributed by atoms with Crippen LogP contribution >= 0.6 is 0 Å². The van der Waals surface area contributed by atoms with Gasteiger partial charge in [0.25, 0.3) is 0 Å². The van der Waals surface area contributed by atoms with E-state index in [-0.39, 0.29) is 18.2 Å². The number of carbonyl (C=O) groups excluding carboxylic acids is 1. The zero-order valence-corrected chi connectivity index (χ0v) is 13.0. The van der Waals surface area contributed by atoms with E-state index in [9.17, 15) is 18.0 Å². The van der Waals surface area contributed by atoms with Crippen LogP contribution in [-0.2, 0) is 4.79 Å². The van der Waals surface area contributed by atoms with Gasteiger partial charge in [-0.1, -0.05) is 36.4 Å². The highest BCUT2D eigenvalue weighted by Crippen LogP contribution is 2.43. The Kier molecular flexibility index (Phi) is 4.22. The zero-order chi connectivity index (χ0) is 17.3. The Labute approximate surface area is 137 Å². The molecule has 1 atom stereocenters. The van der Waals surface area contributed by atoms with E-state index in [0.29, 0.717) is 17.9 Å². The molecule has 0 aromatic heterocycles. The quantitative estimate of drug-likeness (QED) is 0.844. The number of rotatable bonds is 3. The number of hydrogen-bond acceptors (Lipinski definition) is 2. The summed E-state index contributed by atoms with van der Waals surface area (Å²) in [6, 6.07) is 14.2. The van der Waals surface area contributed by atoms with Gasteiger partial charge in [0.05, 0.1) is 12.3 Å². The molecule has 0 radical (unpaired) electrons. The summed E-state index contributed by atoms with van der Waals surface area (Å²) in [5.41, 5.74) is 1.83. The van der Waals surface area contributed by atoms with Gasteiger partial charge in [0.15, 0.2) is 0 Å². The fraction of sp³-hybridized carbons (Fsp3) is 0.278. The molecule has 1 unspecified atom stereocenters. The van der Waals surface area contributed by atoms with E-state index in [0.717, 1.165) is 10.5 Å². The SMILES string of the molecule is CCOc1ccc2c(c1)N(C(=O)C(F)(F)F)CC2c1ccccc1. The van der Waals surface area contributed by atoms with Gasteiger partial charge in [0.2, 0.25) is 0 Å². The molecule has 1 aliphatic rings. The molecule has 24 heavy (non-hydrogen) atoms. The molecular formula is C18H16F3NO2. The second kappa shape index (κ2) is 6.19. The number of halogens is 3. The average Bonchev–Trinajstić information content (AvgIpc) is 2.93. The van der Waals surface area contributed by atoms with E-state index in [1.54, 1.807) is 19.1 Å². The number of carbonyl (C=O) groups is 1. The molecule has 0 spiro atoms. The topological polar surface area (TPSA) is 29.5 Å². The summed E-state index contributed by atoms with van der Waals surface area (Å²) in [5, 5.41) is 0. The van der Waals surface area contributed by atoms with E-state index in [1.165, 1.54) is 6.07 Å². The number of ether oxygens (including phenoxy) is 1. The molecule has 0 aliphatic carbocycles. The van der Waals surface area contributed by atoms with Gasteiger partial charge in [0, 0.05) is 18.5 Å². The second-order valence-electron chi connectivity index (χ2n) is 5.53. The van der Waals surface area contributed by atoms with E-state index >= 15 is 0 Å². The molecule has 0 saturated carbocycles. The van der Waals surface area contributed by atoms with Crippen molar-refractivity contribution >= 4 is 11.6 Å². The Bertz CT molecular complexity index is 744. The predicted octanol–water partition coefficient (Wildman–Crippen LogP) is 4.13. The summed E-state index contributed by atoms with van der Waals surface area (Å²) in [6.07, 6.45) is -4.91. The molecule has 3 nitrogen and oxygen atoms in total. The second-order valence-corrected chi connectivity index (χ2v) is 5.53. The van der Waals surface area contributed by atoms with Crippen molar-refractivity contribution in [3.8, 4) is 5.75 Å². The standard InChI is InChI=1S/C18H16F3NO2/c1-2-24-13-8-9-14-15(12-6-4-3-5-7-12)11-22(16(14)10-13)17(23)18(19,20)21/h3-10,15H,2,11H2,1H3. The fourth-order valence-corrected chi connectivity index (χ4v) is 3.00. The summed E-state index contributed by atoms with van der Waals surface area (Å²) in [5.74, 6) is -1.69. The number of fused-ring (bicyclic) bond motifs is 1. The Morgan fingerprint density at radius 2 is 1.92 bits per heavy atom. The number of amides is 1. The van der Waals surface area contributed by atoms with E-state index < -0.39 is 12.1 Å². The van der Waals surface area contributed by atoms with Crippen LogP contribution in [0.4, 0.5) is 18.9 Å². The third-order valence-electron chi connectivity index (χ3n) is 4.03. The molecule has 2 aromatic rings. The van der Waals surface area contributed by atoms with Gasteiger partial charge >= 0.3 is 12.1 Å². The number of alkyl halides is 3. The highest BCUT2D eigenvalue weighted by atomic mass is 19.4. The maximum atomic E-state index is 13.0. The summed E-state index contributed by atoms with van der Waals surface area (Å²) in [7, 11) is 0. The minimum absolute atomic E-state index is 0.0345. The number of hydrogen-bond donors (Lipinski definition) is 0. The van der Waals surface area contributed by atoms with Gasteiger partial charge < -0.3 is 9.64 Å². The van der Waals surface area contributed by atoms with Crippen LogP contribution in [0.15, 0.2) is 48.5 Å². The normalized spacial score (nSPS) is 16.8. The van der Waals surface area contributed by atoms with Gasteiger partial charge in [-0.25, -0.2) is 0 Å². The first kappa shape index (κ1) is 16.4. The van der Waals surface area contributed by atoms with Crippen molar-refractivity contribution in [1.82, 2.24) is 0 Å². The Morgan fingerprint density at radius 1 is 1.21 bits per heavy atom. The number of anilines is 1. The monoisotopic (exact) mass is 335 g/mol. The molecule has 1 aliphatic heterocycles. The van der Waals surface area contributed by atoms with Crippen molar-refractivity contribution in [3.05, 3.63) is 59.7 Å². The zero-order valence-electron chi connectivity index (χ0n) is 13.0. The maximum Gasteiger partial charge on any atom is 0.471 e. The van der Waals surface area contributed by atoms with Gasteiger partial charge in [-0.15, -0.1) is 0 Å². The maximum absolute atomic E-state index is 13.0. The lowest BCUT2D eigenvalue weighted by atomic mass is 9.93. The van der Waals surface area contributed by atoms with Crippen LogP contribution in [0.3, 0.4) is 0 Å². The van der Waals surface area contributed by atoms with Crippen molar-refractivity contribution in [2.24, 2.45) is 0 Å². The first-order valence-electron chi connectivity index (χ1n) is 7.62. The fourth-order valence-electron chi connectivity index (χ4n) is 3.00. The van der Waals surface area contributed by atoms with Crippen LogP contribution in [0.5, 0.6) is 5.75 Å². The molecular weight excluding hydrogens is 319 g/mol. The van der Waals surface area contributed by atoms with Gasteiger partial charge in [-0.3, -0.25) is 4.79 Å². The van der Waals surface area contributed by atoms with Crippen molar-refractivity contribution in [3.63, 3.8) is 0 Å². The highest BCUT2D eigenvalue weighted by molar-refractivity contribution is 6.00. The summed E-state index contributed by atoms with van der Waals surface area (Å²) in [6.45, 7) is 2.15. The molecule has 126 valence electrons. The largest absolute Gasteiger partial charge is 0.494 e. The Balaban J connectivity index is 2.06. The lowest BCUT2D eigenvalue weighted by molar-refractivity contribution is -0.170. The molecule has 6 heteroatoms. The van der Waals surface area contributed by atoms with Crippen LogP contribution in [0.25, 0.3) is 0 Å². The summed E-state index contributed by atoms with van der Waals surface area (Å²) >= 11 is 0. The van der Waals surface area contributed by atoms with Crippen molar-refractivity contribution in [1.29, 1.82) is 0 Å².